The standard InChI is InChI=1S/C13H9BrN2OS/c14-9-5-2-1-4-8(9)12-11(13(15)16-17-12)10-6-3-7-18-10/h1-7H,(H2,15,16). The molecular formula is C13H9BrN2OS. The van der Waals surface area contributed by atoms with Gasteiger partial charge in [-0.3, -0.25) is 0 Å². The number of nitrogens with zero attached hydrogens (tertiary/aromatic N) is 1. The molecule has 2 aromatic heterocycles. The van der Waals surface area contributed by atoms with Gasteiger partial charge >= 0.3 is 0 Å². The van der Waals surface area contributed by atoms with E-state index >= 15 is 0 Å². The highest BCUT2D eigenvalue weighted by molar-refractivity contribution is 9.10. The molecule has 3 rings (SSSR count). The molecule has 1 aromatic carbocycles. The van der Waals surface area contributed by atoms with Crippen LogP contribution in [0.2, 0.25) is 0 Å². The highest BCUT2D eigenvalue weighted by Crippen LogP contribution is 2.40. The molecule has 0 bridgehead atoms. The Morgan fingerprint density at radius 2 is 2.00 bits per heavy atom. The second-order valence-electron chi connectivity index (χ2n) is 3.73. The van der Waals surface area contributed by atoms with Crippen LogP contribution in [-0.4, -0.2) is 5.16 Å². The van der Waals surface area contributed by atoms with Gasteiger partial charge in [-0.1, -0.05) is 39.3 Å². The molecule has 0 amide bonds. The topological polar surface area (TPSA) is 52.0 Å². The average Bonchev–Trinajstić information content (AvgIpc) is 2.98. The lowest BCUT2D eigenvalue weighted by Gasteiger charge is -2.02. The fourth-order valence-corrected chi connectivity index (χ4v) is 3.03. The highest BCUT2D eigenvalue weighted by atomic mass is 79.9. The molecule has 5 heteroatoms. The predicted octanol–water partition coefficient (Wildman–Crippen LogP) is 4.41. The molecular weight excluding hydrogens is 312 g/mol. The Balaban J connectivity index is 2.23. The Morgan fingerprint density at radius 3 is 2.72 bits per heavy atom. The molecule has 90 valence electrons. The Hall–Kier alpha value is -1.59. The molecule has 0 spiro atoms. The fraction of sp³-hybridized carbons (Fsp3) is 0. The molecule has 0 unspecified atom stereocenters. The molecule has 0 atom stereocenters. The lowest BCUT2D eigenvalue weighted by molar-refractivity contribution is 0.436. The number of nitrogens with two attached hydrogens (primary N) is 1. The van der Waals surface area contributed by atoms with E-state index in [0.29, 0.717) is 11.6 Å². The van der Waals surface area contributed by atoms with Gasteiger partial charge in [0.25, 0.3) is 0 Å². The Bertz CT molecular complexity index is 676. The lowest BCUT2D eigenvalue weighted by atomic mass is 10.1. The van der Waals surface area contributed by atoms with Crippen molar-refractivity contribution in [2.75, 3.05) is 5.73 Å². The van der Waals surface area contributed by atoms with Gasteiger partial charge in [0.1, 0.15) is 0 Å². The summed E-state index contributed by atoms with van der Waals surface area (Å²) in [5.41, 5.74) is 7.71. The number of anilines is 1. The number of rotatable bonds is 2. The summed E-state index contributed by atoms with van der Waals surface area (Å²) in [6, 6.07) is 11.8. The summed E-state index contributed by atoms with van der Waals surface area (Å²) < 4.78 is 6.35. The van der Waals surface area contributed by atoms with Crippen molar-refractivity contribution in [3.05, 3.63) is 46.3 Å². The van der Waals surface area contributed by atoms with Crippen LogP contribution < -0.4 is 5.73 Å². The molecule has 2 heterocycles. The average molecular weight is 321 g/mol. The first-order valence-electron chi connectivity index (χ1n) is 5.31. The summed E-state index contributed by atoms with van der Waals surface area (Å²) in [6.45, 7) is 0. The van der Waals surface area contributed by atoms with Gasteiger partial charge in [0, 0.05) is 14.9 Å². The third-order valence-electron chi connectivity index (χ3n) is 2.60. The first-order valence-corrected chi connectivity index (χ1v) is 6.98. The van der Waals surface area contributed by atoms with Gasteiger partial charge in [-0.05, 0) is 23.6 Å². The van der Waals surface area contributed by atoms with E-state index < -0.39 is 0 Å². The molecule has 3 nitrogen and oxygen atoms in total. The minimum Gasteiger partial charge on any atom is -0.380 e. The second-order valence-corrected chi connectivity index (χ2v) is 5.53. The first-order chi connectivity index (χ1) is 8.77. The maximum absolute atomic E-state index is 5.91. The normalized spacial score (nSPS) is 10.7. The molecule has 3 aromatic rings. The van der Waals surface area contributed by atoms with Crippen molar-refractivity contribution in [1.29, 1.82) is 0 Å². The Kier molecular flexibility index (Phi) is 2.93. The molecule has 0 saturated carbocycles. The van der Waals surface area contributed by atoms with Crippen LogP contribution in [0.5, 0.6) is 0 Å². The summed E-state index contributed by atoms with van der Waals surface area (Å²) in [7, 11) is 0. The largest absolute Gasteiger partial charge is 0.380 e. The number of aromatic nitrogens is 1. The zero-order chi connectivity index (χ0) is 12.5. The summed E-state index contributed by atoms with van der Waals surface area (Å²) in [5.74, 6) is 1.12. The summed E-state index contributed by atoms with van der Waals surface area (Å²) in [6.07, 6.45) is 0. The molecule has 0 aliphatic carbocycles. The van der Waals surface area contributed by atoms with Crippen molar-refractivity contribution in [3.8, 4) is 21.8 Å². The van der Waals surface area contributed by atoms with Gasteiger partial charge in [-0.15, -0.1) is 11.3 Å². The zero-order valence-corrected chi connectivity index (χ0v) is 11.7. The van der Waals surface area contributed by atoms with Gasteiger partial charge < -0.3 is 10.3 Å². The quantitative estimate of drug-likeness (QED) is 0.760. The van der Waals surface area contributed by atoms with E-state index in [1.54, 1.807) is 11.3 Å². The van der Waals surface area contributed by atoms with Crippen LogP contribution in [0.15, 0.2) is 50.8 Å². The molecule has 0 radical (unpaired) electrons. The number of nitrogen functional groups attached to an aromatic ring is 1. The highest BCUT2D eigenvalue weighted by Gasteiger charge is 2.19. The molecule has 2 N–H and O–H groups in total. The third kappa shape index (κ3) is 1.85. The molecule has 0 saturated heterocycles. The summed E-state index contributed by atoms with van der Waals surface area (Å²) in [4.78, 5) is 1.06. The van der Waals surface area contributed by atoms with E-state index in [1.807, 2.05) is 41.8 Å². The first kappa shape index (κ1) is 11.5. The number of hydrogen-bond donors (Lipinski definition) is 1. The van der Waals surface area contributed by atoms with Gasteiger partial charge in [-0.2, -0.15) is 0 Å². The van der Waals surface area contributed by atoms with E-state index in [0.717, 1.165) is 20.5 Å². The van der Waals surface area contributed by atoms with Crippen molar-refractivity contribution in [2.24, 2.45) is 0 Å². The third-order valence-corrected chi connectivity index (χ3v) is 4.18. The predicted molar refractivity (Wildman–Crippen MR) is 77.4 cm³/mol. The van der Waals surface area contributed by atoms with Gasteiger partial charge in [-0.25, -0.2) is 0 Å². The monoisotopic (exact) mass is 320 g/mol. The minimum absolute atomic E-state index is 0.420. The van der Waals surface area contributed by atoms with Crippen LogP contribution in [0.25, 0.3) is 21.8 Å². The zero-order valence-electron chi connectivity index (χ0n) is 9.26. The smallest absolute Gasteiger partial charge is 0.178 e. The van der Waals surface area contributed by atoms with Crippen LogP contribution in [0.3, 0.4) is 0 Å². The second kappa shape index (κ2) is 4.59. The Labute approximate surface area is 116 Å². The van der Waals surface area contributed by atoms with Crippen LogP contribution in [-0.2, 0) is 0 Å². The number of halogens is 1. The van der Waals surface area contributed by atoms with Crippen molar-refractivity contribution in [2.45, 2.75) is 0 Å². The van der Waals surface area contributed by atoms with Crippen molar-refractivity contribution >= 4 is 33.1 Å². The molecule has 18 heavy (non-hydrogen) atoms. The SMILES string of the molecule is Nc1noc(-c2ccccc2Br)c1-c1cccs1. The van der Waals surface area contributed by atoms with Crippen LogP contribution in [0.4, 0.5) is 5.82 Å². The molecule has 0 fully saturated rings. The molecule has 0 aliphatic heterocycles. The van der Waals surface area contributed by atoms with Crippen LogP contribution >= 0.6 is 27.3 Å². The van der Waals surface area contributed by atoms with Gasteiger partial charge in [0.2, 0.25) is 0 Å². The Morgan fingerprint density at radius 1 is 1.17 bits per heavy atom. The van der Waals surface area contributed by atoms with E-state index in [2.05, 4.69) is 21.1 Å². The van der Waals surface area contributed by atoms with Gasteiger partial charge in [0.15, 0.2) is 11.6 Å². The number of thiophene rings is 1. The van der Waals surface area contributed by atoms with E-state index in [9.17, 15) is 0 Å². The van der Waals surface area contributed by atoms with Crippen LogP contribution in [0.1, 0.15) is 0 Å². The van der Waals surface area contributed by atoms with E-state index in [1.165, 1.54) is 0 Å². The van der Waals surface area contributed by atoms with Crippen LogP contribution in [0, 0.1) is 0 Å². The van der Waals surface area contributed by atoms with E-state index in [4.69, 9.17) is 10.3 Å². The van der Waals surface area contributed by atoms with Crippen molar-refractivity contribution in [1.82, 2.24) is 5.16 Å². The number of benzene rings is 1. The fourth-order valence-electron chi connectivity index (χ4n) is 1.79. The summed E-state index contributed by atoms with van der Waals surface area (Å²) in [5, 5.41) is 5.88. The van der Waals surface area contributed by atoms with Crippen molar-refractivity contribution < 1.29 is 4.52 Å². The minimum atomic E-state index is 0.420. The number of hydrogen-bond acceptors (Lipinski definition) is 4. The molecule has 0 aliphatic rings. The maximum atomic E-state index is 5.91. The van der Waals surface area contributed by atoms with E-state index in [-0.39, 0.29) is 0 Å². The van der Waals surface area contributed by atoms with Crippen molar-refractivity contribution in [3.63, 3.8) is 0 Å². The maximum Gasteiger partial charge on any atom is 0.178 e. The lowest BCUT2D eigenvalue weighted by Crippen LogP contribution is -1.87. The summed E-state index contributed by atoms with van der Waals surface area (Å²) >= 11 is 5.13. The van der Waals surface area contributed by atoms with Gasteiger partial charge in [0.05, 0.1) is 5.56 Å².